The van der Waals surface area contributed by atoms with E-state index < -0.39 is 0 Å². The van der Waals surface area contributed by atoms with Gasteiger partial charge in [0.2, 0.25) is 0 Å². The first-order valence-electron chi connectivity index (χ1n) is 3.82. The third-order valence-electron chi connectivity index (χ3n) is 1.28. The molecule has 70 valence electrons. The second-order valence-corrected chi connectivity index (χ2v) is 4.06. The van der Waals surface area contributed by atoms with Crippen molar-refractivity contribution in [2.24, 2.45) is 0 Å². The van der Waals surface area contributed by atoms with Gasteiger partial charge in [-0.25, -0.2) is 4.79 Å². The lowest BCUT2D eigenvalue weighted by atomic mass is 10.4. The molecule has 0 aliphatic carbocycles. The molecule has 0 aliphatic rings. The van der Waals surface area contributed by atoms with Gasteiger partial charge in [0.15, 0.2) is 0 Å². The predicted octanol–water partition coefficient (Wildman–Crippen LogP) is 3.05. The normalized spacial score (nSPS) is 11.4. The second-order valence-electron chi connectivity index (χ2n) is 2.23. The summed E-state index contributed by atoms with van der Waals surface area (Å²) in [6.07, 6.45) is 1.75. The molecule has 0 radical (unpaired) electrons. The van der Waals surface area contributed by atoms with Crippen molar-refractivity contribution in [3.8, 4) is 0 Å². The third-order valence-corrected chi connectivity index (χ3v) is 2.65. The molecule has 0 saturated heterocycles. The molecule has 1 aromatic heterocycles. The average molecular weight is 261 g/mol. The molecule has 0 spiro atoms. The third kappa shape index (κ3) is 3.32. The molecule has 0 saturated carbocycles. The Morgan fingerprint density at radius 1 is 1.77 bits per heavy atom. The van der Waals surface area contributed by atoms with Gasteiger partial charge in [-0.05, 0) is 40.4 Å². The number of ether oxygens (including phenoxy) is 1. The van der Waals surface area contributed by atoms with Crippen LogP contribution in [0.25, 0.3) is 6.08 Å². The summed E-state index contributed by atoms with van der Waals surface area (Å²) in [5.74, 6) is -0.323. The number of esters is 1. The largest absolute Gasteiger partial charge is 0.462 e. The zero-order chi connectivity index (χ0) is 9.68. The summed E-state index contributed by atoms with van der Waals surface area (Å²) in [5.41, 5.74) is 0. The van der Waals surface area contributed by atoms with Crippen molar-refractivity contribution in [3.05, 3.63) is 26.9 Å². The van der Waals surface area contributed by atoms with Crippen molar-refractivity contribution in [1.29, 1.82) is 0 Å². The van der Waals surface area contributed by atoms with E-state index in [2.05, 4.69) is 15.9 Å². The molecule has 0 aromatic carbocycles. The summed E-state index contributed by atoms with van der Waals surface area (Å²) in [6.45, 7) is 2.18. The predicted molar refractivity (Wildman–Crippen MR) is 57.9 cm³/mol. The Hall–Kier alpha value is -0.610. The Morgan fingerprint density at radius 3 is 3.08 bits per heavy atom. The fraction of sp³-hybridized carbons (Fsp3) is 0.222. The lowest BCUT2D eigenvalue weighted by Crippen LogP contribution is -2.02. The maximum atomic E-state index is 11.1. The van der Waals surface area contributed by atoms with Gasteiger partial charge in [-0.15, -0.1) is 11.3 Å². The molecular weight excluding hydrogens is 252 g/mol. The van der Waals surface area contributed by atoms with Gasteiger partial charge in [0.05, 0.1) is 6.61 Å². The molecule has 0 aliphatic heterocycles. The lowest BCUT2D eigenvalue weighted by molar-refractivity contribution is -0.137. The maximum absolute atomic E-state index is 11.1. The van der Waals surface area contributed by atoms with Crippen LogP contribution in [0.5, 0.6) is 0 Å². The topological polar surface area (TPSA) is 26.3 Å². The molecule has 1 heterocycles. The van der Waals surface area contributed by atoms with E-state index in [0.29, 0.717) is 11.1 Å². The Morgan fingerprint density at radius 2 is 2.54 bits per heavy atom. The maximum Gasteiger partial charge on any atom is 0.345 e. The van der Waals surface area contributed by atoms with Crippen molar-refractivity contribution >= 4 is 39.3 Å². The van der Waals surface area contributed by atoms with Gasteiger partial charge in [0, 0.05) is 4.88 Å². The molecule has 1 rings (SSSR count). The summed E-state index contributed by atoms with van der Waals surface area (Å²) in [6, 6.07) is 3.87. The van der Waals surface area contributed by atoms with Crippen LogP contribution in [0, 0.1) is 0 Å². The van der Waals surface area contributed by atoms with E-state index in [1.165, 1.54) is 0 Å². The standard InChI is InChI=1S/C9H9BrO2S/c1-2-12-9(11)8(10)6-7-4-3-5-13-7/h3-6H,2H2,1H3. The number of rotatable bonds is 3. The first-order valence-corrected chi connectivity index (χ1v) is 5.49. The molecule has 0 atom stereocenters. The van der Waals surface area contributed by atoms with E-state index in [9.17, 15) is 4.79 Å². The minimum atomic E-state index is -0.323. The van der Waals surface area contributed by atoms with E-state index in [0.717, 1.165) is 4.88 Å². The molecule has 13 heavy (non-hydrogen) atoms. The molecular formula is C9H9BrO2S. The van der Waals surface area contributed by atoms with Crippen LogP contribution < -0.4 is 0 Å². The van der Waals surface area contributed by atoms with Gasteiger partial charge in [0.25, 0.3) is 0 Å². The minimum absolute atomic E-state index is 0.323. The van der Waals surface area contributed by atoms with Crippen molar-refractivity contribution in [1.82, 2.24) is 0 Å². The Balaban J connectivity index is 2.66. The van der Waals surface area contributed by atoms with Crippen LogP contribution in [0.3, 0.4) is 0 Å². The van der Waals surface area contributed by atoms with Gasteiger partial charge in [-0.1, -0.05) is 6.07 Å². The highest BCUT2D eigenvalue weighted by atomic mass is 79.9. The van der Waals surface area contributed by atoms with E-state index in [1.807, 2.05) is 17.5 Å². The smallest absolute Gasteiger partial charge is 0.345 e. The van der Waals surface area contributed by atoms with Crippen molar-refractivity contribution < 1.29 is 9.53 Å². The van der Waals surface area contributed by atoms with Gasteiger partial charge in [0.1, 0.15) is 4.48 Å². The first kappa shape index (κ1) is 10.5. The fourth-order valence-corrected chi connectivity index (χ4v) is 1.93. The molecule has 0 bridgehead atoms. The molecule has 0 unspecified atom stereocenters. The Labute approximate surface area is 89.3 Å². The summed E-state index contributed by atoms with van der Waals surface area (Å²) < 4.78 is 5.26. The van der Waals surface area contributed by atoms with Crippen molar-refractivity contribution in [3.63, 3.8) is 0 Å². The number of carbonyl (C=O) groups excluding carboxylic acids is 1. The summed E-state index contributed by atoms with van der Waals surface area (Å²) in [5, 5.41) is 1.96. The van der Waals surface area contributed by atoms with Gasteiger partial charge in [-0.3, -0.25) is 0 Å². The van der Waals surface area contributed by atoms with Gasteiger partial charge < -0.3 is 4.74 Å². The van der Waals surface area contributed by atoms with E-state index >= 15 is 0 Å². The summed E-state index contributed by atoms with van der Waals surface area (Å²) in [4.78, 5) is 12.2. The summed E-state index contributed by atoms with van der Waals surface area (Å²) >= 11 is 4.73. The summed E-state index contributed by atoms with van der Waals surface area (Å²) in [7, 11) is 0. The average Bonchev–Trinajstić information content (AvgIpc) is 2.57. The lowest BCUT2D eigenvalue weighted by Gasteiger charge is -1.98. The van der Waals surface area contributed by atoms with Crippen LogP contribution in [0.15, 0.2) is 22.0 Å². The van der Waals surface area contributed by atoms with E-state index in [1.54, 1.807) is 24.3 Å². The van der Waals surface area contributed by atoms with Crippen LogP contribution in [0.1, 0.15) is 11.8 Å². The molecule has 0 amide bonds. The van der Waals surface area contributed by atoms with Crippen LogP contribution >= 0.6 is 27.3 Å². The minimum Gasteiger partial charge on any atom is -0.462 e. The Kier molecular flexibility index (Phi) is 4.18. The van der Waals surface area contributed by atoms with Crippen molar-refractivity contribution in [2.75, 3.05) is 6.61 Å². The highest BCUT2D eigenvalue weighted by Gasteiger charge is 2.06. The highest BCUT2D eigenvalue weighted by Crippen LogP contribution is 2.17. The molecule has 2 nitrogen and oxygen atoms in total. The Bertz CT molecular complexity index is 303. The van der Waals surface area contributed by atoms with Crippen LogP contribution in [0.2, 0.25) is 0 Å². The van der Waals surface area contributed by atoms with Gasteiger partial charge >= 0.3 is 5.97 Å². The van der Waals surface area contributed by atoms with Crippen LogP contribution in [-0.4, -0.2) is 12.6 Å². The number of halogens is 1. The molecule has 4 heteroatoms. The van der Waals surface area contributed by atoms with Crippen LogP contribution in [0.4, 0.5) is 0 Å². The first-order chi connectivity index (χ1) is 6.24. The number of thiophene rings is 1. The van der Waals surface area contributed by atoms with Gasteiger partial charge in [-0.2, -0.15) is 0 Å². The quantitative estimate of drug-likeness (QED) is 0.617. The van der Waals surface area contributed by atoms with E-state index in [4.69, 9.17) is 4.74 Å². The zero-order valence-electron chi connectivity index (χ0n) is 7.12. The number of hydrogen-bond donors (Lipinski definition) is 0. The second kappa shape index (κ2) is 5.19. The number of carbonyl (C=O) groups is 1. The van der Waals surface area contributed by atoms with E-state index in [-0.39, 0.29) is 5.97 Å². The van der Waals surface area contributed by atoms with Crippen molar-refractivity contribution in [2.45, 2.75) is 6.92 Å². The molecule has 0 fully saturated rings. The fourth-order valence-electron chi connectivity index (χ4n) is 0.757. The number of hydrogen-bond acceptors (Lipinski definition) is 3. The van der Waals surface area contributed by atoms with Crippen LogP contribution in [-0.2, 0) is 9.53 Å². The molecule has 0 N–H and O–H groups in total. The zero-order valence-corrected chi connectivity index (χ0v) is 9.52. The monoisotopic (exact) mass is 260 g/mol. The SMILES string of the molecule is CCOC(=O)C(Br)=Cc1cccs1. The highest BCUT2D eigenvalue weighted by molar-refractivity contribution is 9.12. The molecule has 1 aromatic rings.